The number of hydrogen-bond acceptors (Lipinski definition) is 4. The van der Waals surface area contributed by atoms with E-state index in [9.17, 15) is 14.3 Å². The van der Waals surface area contributed by atoms with Crippen LogP contribution in [-0.2, 0) is 0 Å². The number of benzene rings is 1. The third-order valence-electron chi connectivity index (χ3n) is 2.94. The summed E-state index contributed by atoms with van der Waals surface area (Å²) in [4.78, 5) is 16.9. The highest BCUT2D eigenvalue weighted by molar-refractivity contribution is 7.13. The zero-order valence-corrected chi connectivity index (χ0v) is 13.1. The number of halogens is 2. The summed E-state index contributed by atoms with van der Waals surface area (Å²) in [5.74, 6) is -0.931. The smallest absolute Gasteiger partial charge is 0.263 e. The van der Waals surface area contributed by atoms with Crippen molar-refractivity contribution in [3.63, 3.8) is 0 Å². The first-order valence-corrected chi connectivity index (χ1v) is 7.42. The van der Waals surface area contributed by atoms with E-state index in [-0.39, 0.29) is 17.5 Å². The molecular weight excluding hydrogens is 315 g/mol. The van der Waals surface area contributed by atoms with E-state index in [1.807, 2.05) is 6.92 Å². The summed E-state index contributed by atoms with van der Waals surface area (Å²) in [6, 6.07) is 3.46. The molecule has 0 aliphatic rings. The molecule has 2 N–H and O–H groups in total. The number of aryl methyl sites for hydroxylation is 2. The second-order valence-electron chi connectivity index (χ2n) is 4.53. The quantitative estimate of drug-likeness (QED) is 0.907. The van der Waals surface area contributed by atoms with Crippen molar-refractivity contribution in [3.8, 4) is 0 Å². The molecule has 0 spiro atoms. The molecule has 1 atom stereocenters. The zero-order chi connectivity index (χ0) is 15.6. The number of aliphatic hydroxyl groups excluding tert-OH is 1. The zero-order valence-electron chi connectivity index (χ0n) is 11.5. The Morgan fingerprint density at radius 1 is 1.52 bits per heavy atom. The standard InChI is InChI=1S/C14H14ClFN2O2S/c1-7-13(21-8(2)17-7)14(20)18-12(6-19)9-3-4-10(15)11(16)5-9/h3-5,12,19H,6H2,1-2H3,(H,18,20)/t12-/m1/s1. The SMILES string of the molecule is Cc1nc(C)c(C(=O)N[C@H](CO)c2ccc(Cl)c(F)c2)s1. The van der Waals surface area contributed by atoms with Crippen LogP contribution in [0.15, 0.2) is 18.2 Å². The van der Waals surface area contributed by atoms with Gasteiger partial charge in [0.05, 0.1) is 28.4 Å². The topological polar surface area (TPSA) is 62.2 Å². The minimum absolute atomic E-state index is 0.00399. The molecule has 7 heteroatoms. The van der Waals surface area contributed by atoms with Crippen LogP contribution in [0.25, 0.3) is 0 Å². The molecule has 2 aromatic rings. The van der Waals surface area contributed by atoms with E-state index in [2.05, 4.69) is 10.3 Å². The van der Waals surface area contributed by atoms with Crippen molar-refractivity contribution in [1.29, 1.82) is 0 Å². The molecule has 1 aromatic heterocycles. The van der Waals surface area contributed by atoms with Gasteiger partial charge in [-0.15, -0.1) is 11.3 Å². The summed E-state index contributed by atoms with van der Waals surface area (Å²) in [6.45, 7) is 3.21. The number of aromatic nitrogens is 1. The Labute approximate surface area is 130 Å². The molecule has 0 saturated heterocycles. The Kier molecular flexibility index (Phi) is 4.92. The van der Waals surface area contributed by atoms with Crippen LogP contribution in [0.5, 0.6) is 0 Å². The normalized spacial score (nSPS) is 12.2. The number of thiazole rings is 1. The second-order valence-corrected chi connectivity index (χ2v) is 6.14. The number of aliphatic hydroxyl groups is 1. The first kappa shape index (κ1) is 15.9. The molecule has 2 rings (SSSR count). The lowest BCUT2D eigenvalue weighted by atomic mass is 10.1. The fourth-order valence-corrected chi connectivity index (χ4v) is 2.87. The Morgan fingerprint density at radius 3 is 2.76 bits per heavy atom. The molecule has 0 unspecified atom stereocenters. The highest BCUT2D eigenvalue weighted by atomic mass is 35.5. The third kappa shape index (κ3) is 3.58. The fourth-order valence-electron chi connectivity index (χ4n) is 1.93. The molecule has 0 aliphatic carbocycles. The summed E-state index contributed by atoms with van der Waals surface area (Å²) in [6.07, 6.45) is 0. The summed E-state index contributed by atoms with van der Waals surface area (Å²) >= 11 is 6.90. The van der Waals surface area contributed by atoms with Gasteiger partial charge in [-0.25, -0.2) is 9.37 Å². The van der Waals surface area contributed by atoms with Gasteiger partial charge in [0, 0.05) is 0 Å². The lowest BCUT2D eigenvalue weighted by Gasteiger charge is -2.16. The number of rotatable bonds is 4. The van der Waals surface area contributed by atoms with Crippen molar-refractivity contribution in [1.82, 2.24) is 10.3 Å². The fraction of sp³-hybridized carbons (Fsp3) is 0.286. The van der Waals surface area contributed by atoms with Gasteiger partial charge in [-0.05, 0) is 31.5 Å². The van der Waals surface area contributed by atoms with Gasteiger partial charge in [0.2, 0.25) is 0 Å². The van der Waals surface area contributed by atoms with Crippen LogP contribution >= 0.6 is 22.9 Å². The van der Waals surface area contributed by atoms with E-state index >= 15 is 0 Å². The monoisotopic (exact) mass is 328 g/mol. The predicted octanol–water partition coefficient (Wildman–Crippen LogP) is 3.02. The molecule has 112 valence electrons. The summed E-state index contributed by atoms with van der Waals surface area (Å²) in [5.41, 5.74) is 1.08. The van der Waals surface area contributed by atoms with Gasteiger partial charge in [0.25, 0.3) is 5.91 Å². The van der Waals surface area contributed by atoms with Crippen molar-refractivity contribution in [2.45, 2.75) is 19.9 Å². The van der Waals surface area contributed by atoms with Crippen LogP contribution in [0, 0.1) is 19.7 Å². The van der Waals surface area contributed by atoms with Gasteiger partial charge >= 0.3 is 0 Å². The Morgan fingerprint density at radius 2 is 2.24 bits per heavy atom. The van der Waals surface area contributed by atoms with E-state index in [1.165, 1.54) is 23.5 Å². The minimum atomic E-state index is -0.703. The van der Waals surface area contributed by atoms with Crippen LogP contribution in [0.3, 0.4) is 0 Å². The molecule has 0 saturated carbocycles. The van der Waals surface area contributed by atoms with E-state index in [4.69, 9.17) is 11.6 Å². The van der Waals surface area contributed by atoms with E-state index < -0.39 is 11.9 Å². The van der Waals surface area contributed by atoms with Crippen LogP contribution in [0.4, 0.5) is 4.39 Å². The van der Waals surface area contributed by atoms with E-state index in [0.29, 0.717) is 16.1 Å². The second kappa shape index (κ2) is 6.51. The van der Waals surface area contributed by atoms with Crippen molar-refractivity contribution in [3.05, 3.63) is 50.2 Å². The summed E-state index contributed by atoms with van der Waals surface area (Å²) < 4.78 is 13.5. The molecule has 21 heavy (non-hydrogen) atoms. The molecule has 0 aliphatic heterocycles. The van der Waals surface area contributed by atoms with Gasteiger partial charge in [0.1, 0.15) is 10.7 Å². The van der Waals surface area contributed by atoms with Crippen LogP contribution in [0.2, 0.25) is 5.02 Å². The molecule has 0 fully saturated rings. The number of carbonyl (C=O) groups is 1. The lowest BCUT2D eigenvalue weighted by Crippen LogP contribution is -2.30. The minimum Gasteiger partial charge on any atom is -0.394 e. The number of amides is 1. The largest absolute Gasteiger partial charge is 0.394 e. The van der Waals surface area contributed by atoms with Crippen molar-refractivity contribution in [2.24, 2.45) is 0 Å². The van der Waals surface area contributed by atoms with Crippen molar-refractivity contribution < 1.29 is 14.3 Å². The van der Waals surface area contributed by atoms with Gasteiger partial charge in [-0.2, -0.15) is 0 Å². The maximum absolute atomic E-state index is 13.5. The highest BCUT2D eigenvalue weighted by Crippen LogP contribution is 2.22. The first-order chi connectivity index (χ1) is 9.92. The Bertz CT molecular complexity index is 675. The maximum atomic E-state index is 13.5. The molecule has 1 aromatic carbocycles. The Hall–Kier alpha value is -1.50. The molecule has 0 bridgehead atoms. The highest BCUT2D eigenvalue weighted by Gasteiger charge is 2.19. The lowest BCUT2D eigenvalue weighted by molar-refractivity contribution is 0.0919. The summed E-state index contributed by atoms with van der Waals surface area (Å²) in [5, 5.41) is 12.9. The van der Waals surface area contributed by atoms with Gasteiger partial charge in [0.15, 0.2) is 0 Å². The van der Waals surface area contributed by atoms with Gasteiger partial charge in [-0.1, -0.05) is 17.7 Å². The van der Waals surface area contributed by atoms with E-state index in [0.717, 1.165) is 5.01 Å². The maximum Gasteiger partial charge on any atom is 0.263 e. The van der Waals surface area contributed by atoms with E-state index in [1.54, 1.807) is 13.0 Å². The average Bonchev–Trinajstić information content (AvgIpc) is 2.78. The molecule has 0 radical (unpaired) electrons. The number of nitrogens with one attached hydrogen (secondary N) is 1. The van der Waals surface area contributed by atoms with Crippen molar-refractivity contribution in [2.75, 3.05) is 6.61 Å². The third-order valence-corrected chi connectivity index (χ3v) is 4.32. The van der Waals surface area contributed by atoms with Crippen LogP contribution in [0.1, 0.15) is 32.0 Å². The van der Waals surface area contributed by atoms with Gasteiger partial charge in [-0.3, -0.25) is 4.79 Å². The van der Waals surface area contributed by atoms with Crippen molar-refractivity contribution >= 4 is 28.8 Å². The Balaban J connectivity index is 2.20. The van der Waals surface area contributed by atoms with Crippen LogP contribution < -0.4 is 5.32 Å². The number of carbonyl (C=O) groups excluding carboxylic acids is 1. The molecule has 1 amide bonds. The predicted molar refractivity (Wildman–Crippen MR) is 80.3 cm³/mol. The molecule has 4 nitrogen and oxygen atoms in total. The summed E-state index contributed by atoms with van der Waals surface area (Å²) in [7, 11) is 0. The molecular formula is C14H14ClFN2O2S. The van der Waals surface area contributed by atoms with Crippen LogP contribution in [-0.4, -0.2) is 22.6 Å². The average molecular weight is 329 g/mol. The number of hydrogen-bond donors (Lipinski definition) is 2. The van der Waals surface area contributed by atoms with Gasteiger partial charge < -0.3 is 10.4 Å². The number of nitrogens with zero attached hydrogens (tertiary/aromatic N) is 1. The first-order valence-electron chi connectivity index (χ1n) is 6.23. The molecule has 1 heterocycles.